The van der Waals surface area contributed by atoms with Crippen molar-refractivity contribution in [3.63, 3.8) is 0 Å². The molecular weight excluding hydrogens is 162 g/mol. The van der Waals surface area contributed by atoms with Crippen LogP contribution in [0.15, 0.2) is 41.4 Å². The fourth-order valence-electron chi connectivity index (χ4n) is 1.61. The van der Waals surface area contributed by atoms with Crippen molar-refractivity contribution in [1.29, 1.82) is 0 Å². The summed E-state index contributed by atoms with van der Waals surface area (Å²) in [6.07, 6.45) is 12.7. The number of aliphatic imine (C=N–C) groups is 1. The number of hydrogen-bond donors (Lipinski definition) is 0. The van der Waals surface area contributed by atoms with Crippen LogP contribution in [-0.2, 0) is 4.74 Å². The van der Waals surface area contributed by atoms with Gasteiger partial charge < -0.3 is 4.74 Å². The van der Waals surface area contributed by atoms with Crippen molar-refractivity contribution in [3.05, 3.63) is 36.5 Å². The Morgan fingerprint density at radius 1 is 1.31 bits per heavy atom. The fourth-order valence-corrected chi connectivity index (χ4v) is 1.61. The smallest absolute Gasteiger partial charge is 0.0879 e. The molecule has 68 valence electrons. The van der Waals surface area contributed by atoms with E-state index >= 15 is 0 Å². The summed E-state index contributed by atoms with van der Waals surface area (Å²) in [5.74, 6) is 0.450. The van der Waals surface area contributed by atoms with Crippen LogP contribution < -0.4 is 0 Å². The molecule has 1 aliphatic heterocycles. The molecule has 0 N–H and O–H groups in total. The van der Waals surface area contributed by atoms with Gasteiger partial charge in [0.15, 0.2) is 0 Å². The van der Waals surface area contributed by atoms with Crippen molar-refractivity contribution in [2.45, 2.75) is 6.04 Å². The zero-order valence-electron chi connectivity index (χ0n) is 7.68. The molecule has 0 saturated carbocycles. The Bertz CT molecular complexity index is 299. The van der Waals surface area contributed by atoms with E-state index < -0.39 is 0 Å². The van der Waals surface area contributed by atoms with E-state index in [-0.39, 0.29) is 0 Å². The molecule has 1 heterocycles. The Hall–Kier alpha value is -1.15. The monoisotopic (exact) mass is 175 g/mol. The molecule has 0 saturated heterocycles. The number of allylic oxidation sites excluding steroid dienone is 2. The number of dihydropyridines is 1. The predicted molar refractivity (Wildman–Crippen MR) is 54.0 cm³/mol. The van der Waals surface area contributed by atoms with E-state index in [0.29, 0.717) is 18.6 Å². The lowest BCUT2D eigenvalue weighted by atomic mass is 9.92. The Kier molecular flexibility index (Phi) is 2.41. The van der Waals surface area contributed by atoms with Gasteiger partial charge in [0.05, 0.1) is 18.4 Å². The molecule has 2 heteroatoms. The zero-order valence-corrected chi connectivity index (χ0v) is 7.68. The van der Waals surface area contributed by atoms with Gasteiger partial charge in [-0.1, -0.05) is 30.4 Å². The van der Waals surface area contributed by atoms with Crippen LogP contribution in [0.2, 0.25) is 0 Å². The first kappa shape index (κ1) is 8.45. The predicted octanol–water partition coefficient (Wildman–Crippen LogP) is 1.75. The van der Waals surface area contributed by atoms with Gasteiger partial charge in [-0.2, -0.15) is 0 Å². The molecule has 1 aliphatic carbocycles. The average Bonchev–Trinajstić information content (AvgIpc) is 2.18. The van der Waals surface area contributed by atoms with Crippen LogP contribution in [0.4, 0.5) is 0 Å². The molecule has 2 unspecified atom stereocenters. The van der Waals surface area contributed by atoms with Crippen molar-refractivity contribution >= 4 is 5.71 Å². The van der Waals surface area contributed by atoms with E-state index in [0.717, 1.165) is 5.71 Å². The molecule has 0 aromatic rings. The van der Waals surface area contributed by atoms with Crippen molar-refractivity contribution in [2.75, 3.05) is 13.7 Å². The summed E-state index contributed by atoms with van der Waals surface area (Å²) in [6.45, 7) is 0.608. The number of methoxy groups -OCH3 is 1. The molecule has 2 nitrogen and oxygen atoms in total. The lowest BCUT2D eigenvalue weighted by Crippen LogP contribution is -2.22. The van der Waals surface area contributed by atoms with Gasteiger partial charge >= 0.3 is 0 Å². The standard InChI is InChI=1S/C11H13NO/c1-13-8-10-7-6-9-4-2-3-5-11(9)12-10/h2-7,9,11H,8H2,1H3. The Balaban J connectivity index is 2.13. The van der Waals surface area contributed by atoms with Crippen molar-refractivity contribution < 1.29 is 4.74 Å². The first-order valence-electron chi connectivity index (χ1n) is 4.49. The highest BCUT2D eigenvalue weighted by Gasteiger charge is 2.18. The Morgan fingerprint density at radius 2 is 2.15 bits per heavy atom. The summed E-state index contributed by atoms with van der Waals surface area (Å²) in [4.78, 5) is 4.56. The summed E-state index contributed by atoms with van der Waals surface area (Å²) in [5, 5.41) is 0. The van der Waals surface area contributed by atoms with Crippen molar-refractivity contribution in [2.24, 2.45) is 10.9 Å². The van der Waals surface area contributed by atoms with E-state index in [1.54, 1.807) is 7.11 Å². The SMILES string of the molecule is COCC1=NC2C=CC=CC2C=C1. The van der Waals surface area contributed by atoms with E-state index in [1.165, 1.54) is 0 Å². The number of hydrogen-bond acceptors (Lipinski definition) is 2. The van der Waals surface area contributed by atoms with Gasteiger partial charge in [0.25, 0.3) is 0 Å². The van der Waals surface area contributed by atoms with Gasteiger partial charge in [-0.25, -0.2) is 0 Å². The number of rotatable bonds is 2. The summed E-state index contributed by atoms with van der Waals surface area (Å²) in [7, 11) is 1.69. The third-order valence-electron chi connectivity index (χ3n) is 2.27. The number of ether oxygens (including phenoxy) is 1. The van der Waals surface area contributed by atoms with Gasteiger partial charge in [0, 0.05) is 13.0 Å². The maximum absolute atomic E-state index is 5.04. The van der Waals surface area contributed by atoms with E-state index in [9.17, 15) is 0 Å². The topological polar surface area (TPSA) is 21.6 Å². The minimum absolute atomic E-state index is 0.292. The molecular formula is C11H13NO. The highest BCUT2D eigenvalue weighted by molar-refractivity contribution is 5.97. The van der Waals surface area contributed by atoms with Crippen LogP contribution in [0.25, 0.3) is 0 Å². The average molecular weight is 175 g/mol. The summed E-state index contributed by atoms with van der Waals surface area (Å²) < 4.78 is 5.04. The normalized spacial score (nSPS) is 30.1. The molecule has 0 fully saturated rings. The largest absolute Gasteiger partial charge is 0.378 e. The molecule has 2 atom stereocenters. The third kappa shape index (κ3) is 1.78. The number of nitrogens with zero attached hydrogens (tertiary/aromatic N) is 1. The first-order chi connectivity index (χ1) is 6.40. The zero-order chi connectivity index (χ0) is 9.10. The highest BCUT2D eigenvalue weighted by Crippen LogP contribution is 2.20. The molecule has 0 bridgehead atoms. The third-order valence-corrected chi connectivity index (χ3v) is 2.27. The minimum atomic E-state index is 0.292. The molecule has 13 heavy (non-hydrogen) atoms. The van der Waals surface area contributed by atoms with Crippen LogP contribution in [0.5, 0.6) is 0 Å². The molecule has 0 aromatic heterocycles. The maximum Gasteiger partial charge on any atom is 0.0879 e. The van der Waals surface area contributed by atoms with Gasteiger partial charge in [-0.15, -0.1) is 0 Å². The van der Waals surface area contributed by atoms with Crippen molar-refractivity contribution in [1.82, 2.24) is 0 Å². The summed E-state index contributed by atoms with van der Waals surface area (Å²) in [5.41, 5.74) is 1.03. The van der Waals surface area contributed by atoms with Crippen LogP contribution in [0.1, 0.15) is 0 Å². The van der Waals surface area contributed by atoms with Crippen LogP contribution >= 0.6 is 0 Å². The van der Waals surface area contributed by atoms with Crippen LogP contribution in [0.3, 0.4) is 0 Å². The second-order valence-corrected chi connectivity index (χ2v) is 3.25. The molecule has 0 radical (unpaired) electrons. The van der Waals surface area contributed by atoms with Crippen LogP contribution in [0, 0.1) is 5.92 Å². The van der Waals surface area contributed by atoms with E-state index in [4.69, 9.17) is 4.74 Å². The van der Waals surface area contributed by atoms with Gasteiger partial charge in [-0.3, -0.25) is 4.99 Å². The van der Waals surface area contributed by atoms with Crippen molar-refractivity contribution in [3.8, 4) is 0 Å². The maximum atomic E-state index is 5.04. The summed E-state index contributed by atoms with van der Waals surface area (Å²) >= 11 is 0. The quantitative estimate of drug-likeness (QED) is 0.626. The number of fused-ring (bicyclic) bond motifs is 1. The minimum Gasteiger partial charge on any atom is -0.378 e. The fraction of sp³-hybridized carbons (Fsp3) is 0.364. The van der Waals surface area contributed by atoms with E-state index in [1.807, 2.05) is 12.2 Å². The molecule has 0 amide bonds. The van der Waals surface area contributed by atoms with Gasteiger partial charge in [0.2, 0.25) is 0 Å². The molecule has 2 aliphatic rings. The second-order valence-electron chi connectivity index (χ2n) is 3.25. The van der Waals surface area contributed by atoms with Gasteiger partial charge in [0.1, 0.15) is 0 Å². The molecule has 0 aromatic carbocycles. The van der Waals surface area contributed by atoms with E-state index in [2.05, 4.69) is 29.3 Å². The van der Waals surface area contributed by atoms with Gasteiger partial charge in [-0.05, 0) is 6.08 Å². The first-order valence-corrected chi connectivity index (χ1v) is 4.49. The van der Waals surface area contributed by atoms with Crippen LogP contribution in [-0.4, -0.2) is 25.5 Å². The highest BCUT2D eigenvalue weighted by atomic mass is 16.5. The summed E-state index contributed by atoms with van der Waals surface area (Å²) in [6, 6.07) is 0.292. The molecule has 2 rings (SSSR count). The lowest BCUT2D eigenvalue weighted by Gasteiger charge is -2.22. The Morgan fingerprint density at radius 3 is 3.00 bits per heavy atom. The Labute approximate surface area is 78.3 Å². The second kappa shape index (κ2) is 3.71. The molecule has 0 spiro atoms. The lowest BCUT2D eigenvalue weighted by molar-refractivity contribution is 0.245.